The van der Waals surface area contributed by atoms with Crippen molar-refractivity contribution in [3.8, 4) is 0 Å². The van der Waals surface area contributed by atoms with E-state index in [0.29, 0.717) is 0 Å². The van der Waals surface area contributed by atoms with Gasteiger partial charge in [-0.25, -0.2) is 0 Å². The molecule has 0 heterocycles. The molecule has 1 aliphatic rings. The Kier molecular flexibility index (Phi) is 5.68. The van der Waals surface area contributed by atoms with Crippen molar-refractivity contribution < 1.29 is 28.3 Å². The first kappa shape index (κ1) is 10.7. The molecular weight excluding hydrogens is 142 g/mol. The van der Waals surface area contributed by atoms with Gasteiger partial charge in [-0.15, -0.1) is 0 Å². The van der Waals surface area contributed by atoms with Gasteiger partial charge in [-0.05, 0) is 25.7 Å². The second kappa shape index (κ2) is 5.33. The third kappa shape index (κ3) is 3.17. The van der Waals surface area contributed by atoms with Gasteiger partial charge in [-0.3, -0.25) is 0 Å². The second-order valence-electron chi connectivity index (χ2n) is 2.58. The molecule has 0 aromatic heterocycles. The SMILES string of the molecule is O=[P+]([O-])C1CCCCC1.[Li+]. The molecular formula is C6H11LiO2P+. The molecule has 1 saturated carbocycles. The van der Waals surface area contributed by atoms with Crippen LogP contribution >= 0.6 is 8.03 Å². The summed E-state index contributed by atoms with van der Waals surface area (Å²) in [5.74, 6) is 0. The van der Waals surface area contributed by atoms with Crippen molar-refractivity contribution in [2.24, 2.45) is 0 Å². The molecule has 0 aromatic carbocycles. The fourth-order valence-electron chi connectivity index (χ4n) is 1.29. The maximum Gasteiger partial charge on any atom is 1.00 e. The molecule has 1 atom stereocenters. The van der Waals surface area contributed by atoms with Crippen molar-refractivity contribution >= 4 is 8.03 Å². The van der Waals surface area contributed by atoms with Crippen LogP contribution in [0.3, 0.4) is 0 Å². The fourth-order valence-corrected chi connectivity index (χ4v) is 2.08. The molecule has 0 N–H and O–H groups in total. The van der Waals surface area contributed by atoms with Crippen LogP contribution in [0.25, 0.3) is 0 Å². The van der Waals surface area contributed by atoms with Gasteiger partial charge in [0.1, 0.15) is 0 Å². The molecule has 1 unspecified atom stereocenters. The minimum Gasteiger partial charge on any atom is -0.595 e. The van der Waals surface area contributed by atoms with Crippen LogP contribution in [-0.2, 0) is 4.57 Å². The molecule has 1 aliphatic carbocycles. The first-order valence-electron chi connectivity index (χ1n) is 3.44. The third-order valence-electron chi connectivity index (χ3n) is 1.87. The van der Waals surface area contributed by atoms with Crippen LogP contribution in [-0.4, -0.2) is 5.66 Å². The van der Waals surface area contributed by atoms with Crippen molar-refractivity contribution in [1.82, 2.24) is 0 Å². The summed E-state index contributed by atoms with van der Waals surface area (Å²) in [5, 5.41) is 0. The molecule has 10 heavy (non-hydrogen) atoms. The van der Waals surface area contributed by atoms with E-state index in [1.54, 1.807) is 0 Å². The van der Waals surface area contributed by atoms with E-state index in [9.17, 15) is 9.46 Å². The van der Waals surface area contributed by atoms with E-state index >= 15 is 0 Å². The van der Waals surface area contributed by atoms with Crippen molar-refractivity contribution in [3.63, 3.8) is 0 Å². The van der Waals surface area contributed by atoms with E-state index in [2.05, 4.69) is 0 Å². The average molecular weight is 153 g/mol. The Labute approximate surface area is 74.4 Å². The topological polar surface area (TPSA) is 40.1 Å². The van der Waals surface area contributed by atoms with E-state index < -0.39 is 8.03 Å². The van der Waals surface area contributed by atoms with Crippen molar-refractivity contribution in [3.05, 3.63) is 0 Å². The molecule has 0 amide bonds. The summed E-state index contributed by atoms with van der Waals surface area (Å²) >= 11 is 0. The fraction of sp³-hybridized carbons (Fsp3) is 1.00. The summed E-state index contributed by atoms with van der Waals surface area (Å²) in [7, 11) is -2.12. The zero-order chi connectivity index (χ0) is 6.69. The monoisotopic (exact) mass is 153 g/mol. The van der Waals surface area contributed by atoms with E-state index in [-0.39, 0.29) is 24.5 Å². The smallest absolute Gasteiger partial charge is 0.595 e. The van der Waals surface area contributed by atoms with Crippen LogP contribution in [0.4, 0.5) is 0 Å². The average Bonchev–Trinajstić information content (AvgIpc) is 1.90. The first-order valence-corrected chi connectivity index (χ1v) is 4.69. The molecule has 0 spiro atoms. The molecule has 0 radical (unpaired) electrons. The maximum absolute atomic E-state index is 10.4. The molecule has 0 saturated heterocycles. The summed E-state index contributed by atoms with van der Waals surface area (Å²) in [4.78, 5) is 10.4. The Hall–Kier alpha value is 0.657. The number of hydrogen-bond acceptors (Lipinski definition) is 2. The van der Waals surface area contributed by atoms with Gasteiger partial charge in [0, 0.05) is 0 Å². The van der Waals surface area contributed by atoms with E-state index in [1.165, 1.54) is 6.42 Å². The minimum absolute atomic E-state index is 0. The zero-order valence-corrected chi connectivity index (χ0v) is 7.27. The predicted molar refractivity (Wildman–Crippen MR) is 34.5 cm³/mol. The zero-order valence-electron chi connectivity index (χ0n) is 6.38. The van der Waals surface area contributed by atoms with Gasteiger partial charge in [-0.1, -0.05) is 11.0 Å². The number of hydrogen-bond donors (Lipinski definition) is 0. The van der Waals surface area contributed by atoms with Crippen molar-refractivity contribution in [1.29, 1.82) is 0 Å². The van der Waals surface area contributed by atoms with E-state index in [0.717, 1.165) is 25.7 Å². The molecule has 2 nitrogen and oxygen atoms in total. The van der Waals surface area contributed by atoms with Gasteiger partial charge in [-0.2, -0.15) is 0 Å². The Morgan fingerprint density at radius 1 is 1.20 bits per heavy atom. The Balaban J connectivity index is 0.000000810. The molecule has 52 valence electrons. The Morgan fingerprint density at radius 3 is 2.00 bits per heavy atom. The van der Waals surface area contributed by atoms with Gasteiger partial charge >= 0.3 is 26.9 Å². The van der Waals surface area contributed by atoms with E-state index in [4.69, 9.17) is 0 Å². The third-order valence-corrected chi connectivity index (χ3v) is 2.99. The van der Waals surface area contributed by atoms with Crippen LogP contribution in [0, 0.1) is 0 Å². The Bertz CT molecular complexity index is 112. The van der Waals surface area contributed by atoms with Gasteiger partial charge in [0.2, 0.25) is 0 Å². The summed E-state index contributed by atoms with van der Waals surface area (Å²) in [6.45, 7) is 0. The second-order valence-corrected chi connectivity index (χ2v) is 3.88. The summed E-state index contributed by atoms with van der Waals surface area (Å²) < 4.78 is 10.4. The van der Waals surface area contributed by atoms with E-state index in [1.807, 2.05) is 0 Å². The molecule has 1 fully saturated rings. The van der Waals surface area contributed by atoms with Crippen LogP contribution in [0.5, 0.6) is 0 Å². The van der Waals surface area contributed by atoms with Crippen LogP contribution < -0.4 is 23.8 Å². The van der Waals surface area contributed by atoms with Gasteiger partial charge in [0.25, 0.3) is 0 Å². The van der Waals surface area contributed by atoms with Gasteiger partial charge in [0.15, 0.2) is 5.66 Å². The quantitative estimate of drug-likeness (QED) is 0.337. The van der Waals surface area contributed by atoms with Crippen molar-refractivity contribution in [2.45, 2.75) is 37.8 Å². The first-order chi connectivity index (χ1) is 4.30. The normalized spacial score (nSPS) is 21.5. The molecule has 0 bridgehead atoms. The van der Waals surface area contributed by atoms with Gasteiger partial charge < -0.3 is 4.89 Å². The summed E-state index contributed by atoms with van der Waals surface area (Å²) in [6.07, 6.45) is 5.24. The Morgan fingerprint density at radius 2 is 1.70 bits per heavy atom. The molecule has 1 rings (SSSR count). The maximum atomic E-state index is 10.4. The molecule has 0 aliphatic heterocycles. The number of rotatable bonds is 1. The van der Waals surface area contributed by atoms with Crippen molar-refractivity contribution in [2.75, 3.05) is 0 Å². The minimum atomic E-state index is -2.12. The summed E-state index contributed by atoms with van der Waals surface area (Å²) in [5.41, 5.74) is 0.00810. The standard InChI is InChI=1S/C6H11O2P.Li/c7-9(8)6-4-2-1-3-5-6;/h6H,1-5H2;/q;+1. The van der Waals surface area contributed by atoms with Crippen LogP contribution in [0.2, 0.25) is 0 Å². The largest absolute Gasteiger partial charge is 1.00 e. The molecule has 4 heteroatoms. The summed E-state index contributed by atoms with van der Waals surface area (Å²) in [6, 6.07) is 0. The van der Waals surface area contributed by atoms with Crippen LogP contribution in [0.15, 0.2) is 0 Å². The van der Waals surface area contributed by atoms with Crippen LogP contribution in [0.1, 0.15) is 32.1 Å². The predicted octanol–water partition coefficient (Wildman–Crippen LogP) is -1.57. The molecule has 0 aromatic rings. The van der Waals surface area contributed by atoms with Gasteiger partial charge in [0.05, 0.1) is 0 Å².